The minimum atomic E-state index is -0.292. The highest BCUT2D eigenvalue weighted by Crippen LogP contribution is 2.29. The molecule has 1 fully saturated rings. The van der Waals surface area contributed by atoms with Gasteiger partial charge in [-0.3, -0.25) is 9.59 Å². The van der Waals surface area contributed by atoms with E-state index in [1.165, 1.54) is 6.20 Å². The third-order valence-corrected chi connectivity index (χ3v) is 5.79. The van der Waals surface area contributed by atoms with Gasteiger partial charge in [0.05, 0.1) is 38.1 Å². The lowest BCUT2D eigenvalue weighted by Gasteiger charge is -2.17. The van der Waals surface area contributed by atoms with Gasteiger partial charge in [-0.15, -0.1) is 0 Å². The molecule has 0 unspecified atom stereocenters. The minimum absolute atomic E-state index is 0.0273. The number of carbonyl (C=O) groups is 2. The smallest absolute Gasteiger partial charge is 0.227 e. The molecule has 0 spiro atoms. The van der Waals surface area contributed by atoms with Crippen LogP contribution in [0.4, 0.5) is 5.82 Å². The Hall–Kier alpha value is -3.81. The van der Waals surface area contributed by atoms with E-state index in [1.54, 1.807) is 35.9 Å². The van der Waals surface area contributed by atoms with Crippen molar-refractivity contribution in [3.8, 4) is 17.2 Å². The number of hydrogen-bond donors (Lipinski definition) is 1. The maximum Gasteiger partial charge on any atom is 0.227 e. The fourth-order valence-corrected chi connectivity index (χ4v) is 4.02. The summed E-state index contributed by atoms with van der Waals surface area (Å²) in [6, 6.07) is 14.9. The van der Waals surface area contributed by atoms with E-state index in [4.69, 9.17) is 15.2 Å². The highest BCUT2D eigenvalue weighted by Gasteiger charge is 2.33. The molecule has 166 valence electrons. The number of benzene rings is 2. The molecule has 4 rings (SSSR count). The van der Waals surface area contributed by atoms with Gasteiger partial charge < -0.3 is 20.1 Å². The van der Waals surface area contributed by atoms with Crippen LogP contribution in [0, 0.1) is 5.92 Å². The summed E-state index contributed by atoms with van der Waals surface area (Å²) in [7, 11) is 3.13. The van der Waals surface area contributed by atoms with Crippen molar-refractivity contribution < 1.29 is 19.1 Å². The van der Waals surface area contributed by atoms with Crippen LogP contribution >= 0.6 is 0 Å². The summed E-state index contributed by atoms with van der Waals surface area (Å²) in [6.45, 7) is 0.913. The van der Waals surface area contributed by atoms with Gasteiger partial charge in [0.2, 0.25) is 5.91 Å². The number of carbonyl (C=O) groups excluding carboxylic acids is 2. The fraction of sp³-hybridized carbons (Fsp3) is 0.292. The topological polar surface area (TPSA) is 99.7 Å². The molecule has 0 saturated carbocycles. The normalized spacial score (nSPS) is 15.6. The number of nitrogen functional groups attached to an aromatic ring is 1. The largest absolute Gasteiger partial charge is 0.493 e. The number of hydrogen-bond acceptors (Lipinski definition) is 6. The van der Waals surface area contributed by atoms with Crippen LogP contribution in [-0.2, 0) is 11.2 Å². The Morgan fingerprint density at radius 2 is 1.84 bits per heavy atom. The molecule has 1 aromatic heterocycles. The second-order valence-electron chi connectivity index (χ2n) is 7.75. The van der Waals surface area contributed by atoms with Gasteiger partial charge in [-0.25, -0.2) is 4.68 Å². The quantitative estimate of drug-likeness (QED) is 0.574. The van der Waals surface area contributed by atoms with Gasteiger partial charge in [0.1, 0.15) is 5.82 Å². The number of anilines is 1. The zero-order chi connectivity index (χ0) is 22.7. The van der Waals surface area contributed by atoms with Crippen molar-refractivity contribution in [3.63, 3.8) is 0 Å². The first kappa shape index (κ1) is 21.4. The van der Waals surface area contributed by atoms with Gasteiger partial charge >= 0.3 is 0 Å². The first-order valence-corrected chi connectivity index (χ1v) is 10.4. The van der Waals surface area contributed by atoms with Crippen molar-refractivity contribution in [1.29, 1.82) is 0 Å². The number of methoxy groups -OCH3 is 2. The third-order valence-electron chi connectivity index (χ3n) is 5.79. The zero-order valence-electron chi connectivity index (χ0n) is 18.2. The van der Waals surface area contributed by atoms with Gasteiger partial charge in [0.15, 0.2) is 17.3 Å². The number of nitrogens with zero attached hydrogens (tertiary/aromatic N) is 3. The molecule has 2 heterocycles. The molecule has 8 nitrogen and oxygen atoms in total. The number of ketones is 1. The van der Waals surface area contributed by atoms with E-state index in [0.29, 0.717) is 42.4 Å². The lowest BCUT2D eigenvalue weighted by molar-refractivity contribution is -0.129. The Labute approximate surface area is 186 Å². The number of nitrogens with two attached hydrogens (primary N) is 1. The monoisotopic (exact) mass is 434 g/mol. The first-order chi connectivity index (χ1) is 15.5. The molecule has 1 aliphatic rings. The van der Waals surface area contributed by atoms with Crippen LogP contribution in [0.1, 0.15) is 22.3 Å². The molecule has 2 aromatic carbocycles. The fourth-order valence-electron chi connectivity index (χ4n) is 4.02. The third kappa shape index (κ3) is 4.16. The highest BCUT2D eigenvalue weighted by atomic mass is 16.5. The Bertz CT molecular complexity index is 1130. The lowest BCUT2D eigenvalue weighted by Crippen LogP contribution is -2.31. The summed E-state index contributed by atoms with van der Waals surface area (Å²) in [5, 5.41) is 4.29. The summed E-state index contributed by atoms with van der Waals surface area (Å²) in [4.78, 5) is 27.7. The van der Waals surface area contributed by atoms with Crippen LogP contribution in [-0.4, -0.2) is 53.7 Å². The predicted octanol–water partition coefficient (Wildman–Crippen LogP) is 2.75. The molecule has 1 saturated heterocycles. The summed E-state index contributed by atoms with van der Waals surface area (Å²) in [5.41, 5.74) is 8.25. The van der Waals surface area contributed by atoms with E-state index in [1.807, 2.05) is 36.4 Å². The summed E-state index contributed by atoms with van der Waals surface area (Å²) < 4.78 is 12.1. The van der Waals surface area contributed by atoms with Crippen LogP contribution < -0.4 is 15.2 Å². The van der Waals surface area contributed by atoms with Crippen LogP contribution in [0.5, 0.6) is 11.5 Å². The summed E-state index contributed by atoms with van der Waals surface area (Å²) >= 11 is 0. The Kier molecular flexibility index (Phi) is 6.11. The van der Waals surface area contributed by atoms with Crippen molar-refractivity contribution in [3.05, 3.63) is 65.9 Å². The molecule has 0 radical (unpaired) electrons. The summed E-state index contributed by atoms with van der Waals surface area (Å²) in [6.07, 6.45) is 2.35. The second kappa shape index (κ2) is 9.13. The second-order valence-corrected chi connectivity index (χ2v) is 7.75. The molecular weight excluding hydrogens is 408 g/mol. The van der Waals surface area contributed by atoms with E-state index >= 15 is 0 Å². The molecule has 8 heteroatoms. The molecule has 3 aromatic rings. The number of para-hydroxylation sites is 1. The molecule has 0 aliphatic carbocycles. The molecule has 1 atom stereocenters. The molecule has 0 bridgehead atoms. The molecule has 1 amide bonds. The number of amides is 1. The van der Waals surface area contributed by atoms with E-state index in [-0.39, 0.29) is 24.0 Å². The van der Waals surface area contributed by atoms with Gasteiger partial charge in [-0.2, -0.15) is 5.10 Å². The number of aromatic nitrogens is 2. The SMILES string of the molecule is COc1ccc(CC(=O)N2CC[C@@H](C(=O)c3cnn(-c4ccccc4)c3N)C2)cc1OC. The van der Waals surface area contributed by atoms with E-state index < -0.39 is 0 Å². The molecule has 2 N–H and O–H groups in total. The average Bonchev–Trinajstić information content (AvgIpc) is 3.46. The predicted molar refractivity (Wildman–Crippen MR) is 120 cm³/mol. The Morgan fingerprint density at radius 3 is 2.56 bits per heavy atom. The number of likely N-dealkylation sites (tertiary alicyclic amines) is 1. The van der Waals surface area contributed by atoms with Gasteiger partial charge in [0.25, 0.3) is 0 Å². The van der Waals surface area contributed by atoms with E-state index in [2.05, 4.69) is 5.10 Å². The maximum absolute atomic E-state index is 13.1. The van der Waals surface area contributed by atoms with Gasteiger partial charge in [0, 0.05) is 19.0 Å². The van der Waals surface area contributed by atoms with E-state index in [0.717, 1.165) is 11.3 Å². The zero-order valence-corrected chi connectivity index (χ0v) is 18.2. The van der Waals surface area contributed by atoms with Crippen LogP contribution in [0.2, 0.25) is 0 Å². The maximum atomic E-state index is 13.1. The van der Waals surface area contributed by atoms with Gasteiger partial charge in [-0.1, -0.05) is 24.3 Å². The number of rotatable bonds is 7. The molecular formula is C24H26N4O4. The Morgan fingerprint density at radius 1 is 1.09 bits per heavy atom. The van der Waals surface area contributed by atoms with Crippen LogP contribution in [0.15, 0.2) is 54.7 Å². The van der Waals surface area contributed by atoms with Crippen molar-refractivity contribution in [2.24, 2.45) is 5.92 Å². The molecule has 1 aliphatic heterocycles. The van der Waals surface area contributed by atoms with Crippen molar-refractivity contribution >= 4 is 17.5 Å². The van der Waals surface area contributed by atoms with Crippen molar-refractivity contribution in [2.75, 3.05) is 33.0 Å². The first-order valence-electron chi connectivity index (χ1n) is 10.4. The lowest BCUT2D eigenvalue weighted by atomic mass is 9.98. The van der Waals surface area contributed by atoms with Crippen molar-refractivity contribution in [1.82, 2.24) is 14.7 Å². The average molecular weight is 434 g/mol. The number of Topliss-reactive ketones (excluding diaryl/α,β-unsaturated/α-hetero) is 1. The van der Waals surface area contributed by atoms with E-state index in [9.17, 15) is 9.59 Å². The van der Waals surface area contributed by atoms with Crippen LogP contribution in [0.3, 0.4) is 0 Å². The van der Waals surface area contributed by atoms with Gasteiger partial charge in [-0.05, 0) is 36.2 Å². The molecule has 32 heavy (non-hydrogen) atoms. The summed E-state index contributed by atoms with van der Waals surface area (Å²) in [5.74, 6) is 1.12. The number of ether oxygens (including phenoxy) is 2. The standard InChI is InChI=1S/C24H26N4O4/c1-31-20-9-8-16(12-21(20)32-2)13-22(29)27-11-10-17(15-27)23(30)19-14-26-28(24(19)25)18-6-4-3-5-7-18/h3-9,12,14,17H,10-11,13,15,25H2,1-2H3/t17-/m1/s1. The minimum Gasteiger partial charge on any atom is -0.493 e. The highest BCUT2D eigenvalue weighted by molar-refractivity contribution is 6.02. The van der Waals surface area contributed by atoms with Crippen molar-refractivity contribution in [2.45, 2.75) is 12.8 Å². The van der Waals surface area contributed by atoms with Crippen LogP contribution in [0.25, 0.3) is 5.69 Å². The Balaban J connectivity index is 1.42.